The maximum atomic E-state index is 6.18. The van der Waals surface area contributed by atoms with Gasteiger partial charge in [0.15, 0.2) is 0 Å². The maximum absolute atomic E-state index is 6.18. The smallest absolute Gasteiger partial charge is 0.131 e. The van der Waals surface area contributed by atoms with Crippen molar-refractivity contribution in [3.8, 4) is 5.75 Å². The van der Waals surface area contributed by atoms with Gasteiger partial charge >= 0.3 is 0 Å². The number of unbranched alkanes of at least 4 members (excludes halogenated alkanes) is 12. The molecular formula is C35H56N2O. The van der Waals surface area contributed by atoms with Gasteiger partial charge in [0, 0.05) is 18.3 Å². The molecule has 38 heavy (non-hydrogen) atoms. The third-order valence-corrected chi connectivity index (χ3v) is 8.48. The summed E-state index contributed by atoms with van der Waals surface area (Å²) >= 11 is 0. The standard InChI is InChI=1S/C35H56N2O/c1-3-5-7-9-11-13-15-17-30-21-25-34(26-22-30)38-29-31-19-23-33(24-20-31)35-36-27-32(28-37-35)18-16-14-12-10-8-6-4-2/h21-22,25-28,31,33H,3-20,23-24,29H2,1-2H3/t31-,33-. The van der Waals surface area contributed by atoms with E-state index in [4.69, 9.17) is 14.7 Å². The molecule has 3 heteroatoms. The minimum atomic E-state index is 0.518. The lowest BCUT2D eigenvalue weighted by atomic mass is 9.82. The Morgan fingerprint density at radius 1 is 0.605 bits per heavy atom. The highest BCUT2D eigenvalue weighted by Gasteiger charge is 2.24. The van der Waals surface area contributed by atoms with Crippen molar-refractivity contribution in [3.63, 3.8) is 0 Å². The topological polar surface area (TPSA) is 35.0 Å². The molecule has 0 atom stereocenters. The maximum Gasteiger partial charge on any atom is 0.131 e. The molecule has 0 amide bonds. The lowest BCUT2D eigenvalue weighted by Crippen LogP contribution is -2.20. The van der Waals surface area contributed by atoms with Gasteiger partial charge < -0.3 is 4.74 Å². The van der Waals surface area contributed by atoms with Crippen LogP contribution in [-0.4, -0.2) is 16.6 Å². The SMILES string of the molecule is CCCCCCCCCc1ccc(OC[C@H]2CC[C@H](c3ncc(CCCCCCCCC)cn3)CC2)cc1. The molecule has 3 nitrogen and oxygen atoms in total. The number of aromatic nitrogens is 2. The van der Waals surface area contributed by atoms with Crippen molar-refractivity contribution < 1.29 is 4.74 Å². The lowest BCUT2D eigenvalue weighted by molar-refractivity contribution is 0.198. The number of ether oxygens (including phenoxy) is 1. The highest BCUT2D eigenvalue weighted by atomic mass is 16.5. The van der Waals surface area contributed by atoms with Crippen molar-refractivity contribution in [2.24, 2.45) is 5.92 Å². The van der Waals surface area contributed by atoms with Crippen molar-refractivity contribution in [1.29, 1.82) is 0 Å². The van der Waals surface area contributed by atoms with Gasteiger partial charge in [-0.25, -0.2) is 9.97 Å². The van der Waals surface area contributed by atoms with E-state index in [1.807, 2.05) is 0 Å². The highest BCUT2D eigenvalue weighted by Crippen LogP contribution is 2.34. The fourth-order valence-corrected chi connectivity index (χ4v) is 5.83. The fourth-order valence-electron chi connectivity index (χ4n) is 5.83. The Balaban J connectivity index is 1.26. The molecule has 0 unspecified atom stereocenters. The van der Waals surface area contributed by atoms with E-state index in [0.717, 1.165) is 24.6 Å². The predicted octanol–water partition coefficient (Wildman–Crippen LogP) is 10.4. The molecule has 0 spiro atoms. The molecule has 0 N–H and O–H groups in total. The van der Waals surface area contributed by atoms with E-state index in [1.165, 1.54) is 133 Å². The summed E-state index contributed by atoms with van der Waals surface area (Å²) in [5.41, 5.74) is 2.75. The molecule has 212 valence electrons. The van der Waals surface area contributed by atoms with Crippen LogP contribution in [0.15, 0.2) is 36.7 Å². The summed E-state index contributed by atoms with van der Waals surface area (Å²) in [6.45, 7) is 5.40. The quantitative estimate of drug-likeness (QED) is 0.163. The molecule has 1 fully saturated rings. The molecule has 0 bridgehead atoms. The van der Waals surface area contributed by atoms with Crippen LogP contribution in [-0.2, 0) is 12.8 Å². The normalized spacial score (nSPS) is 17.5. The molecule has 1 saturated carbocycles. The molecule has 3 rings (SSSR count). The van der Waals surface area contributed by atoms with E-state index >= 15 is 0 Å². The van der Waals surface area contributed by atoms with Crippen molar-refractivity contribution in [3.05, 3.63) is 53.6 Å². The Morgan fingerprint density at radius 3 is 1.66 bits per heavy atom. The van der Waals surface area contributed by atoms with Crippen LogP contribution >= 0.6 is 0 Å². The van der Waals surface area contributed by atoms with Crippen LogP contribution in [0.5, 0.6) is 5.75 Å². The van der Waals surface area contributed by atoms with Crippen LogP contribution in [0, 0.1) is 5.92 Å². The van der Waals surface area contributed by atoms with E-state index < -0.39 is 0 Å². The van der Waals surface area contributed by atoms with Crippen LogP contribution in [0.25, 0.3) is 0 Å². The Bertz CT molecular complexity index is 824. The Morgan fingerprint density at radius 2 is 1.11 bits per heavy atom. The van der Waals surface area contributed by atoms with Crippen LogP contribution in [0.1, 0.15) is 152 Å². The largest absolute Gasteiger partial charge is 0.493 e. The first-order valence-electron chi connectivity index (χ1n) is 16.3. The van der Waals surface area contributed by atoms with E-state index in [9.17, 15) is 0 Å². The number of aryl methyl sites for hydroxylation is 2. The first-order valence-corrected chi connectivity index (χ1v) is 16.3. The number of hydrogen-bond acceptors (Lipinski definition) is 3. The third-order valence-electron chi connectivity index (χ3n) is 8.48. The van der Waals surface area contributed by atoms with Crippen LogP contribution in [0.3, 0.4) is 0 Å². The summed E-state index contributed by atoms with van der Waals surface area (Å²) in [5, 5.41) is 0. The van der Waals surface area contributed by atoms with Crippen molar-refractivity contribution >= 4 is 0 Å². The van der Waals surface area contributed by atoms with Gasteiger partial charge in [0.25, 0.3) is 0 Å². The second-order valence-corrected chi connectivity index (χ2v) is 11.9. The second-order valence-electron chi connectivity index (χ2n) is 11.9. The van der Waals surface area contributed by atoms with Gasteiger partial charge in [-0.2, -0.15) is 0 Å². The Labute approximate surface area is 234 Å². The molecule has 1 aromatic carbocycles. The first-order chi connectivity index (χ1) is 18.8. The van der Waals surface area contributed by atoms with Crippen LogP contribution in [0.2, 0.25) is 0 Å². The number of rotatable bonds is 20. The molecule has 1 aliphatic carbocycles. The van der Waals surface area contributed by atoms with E-state index in [1.54, 1.807) is 0 Å². The van der Waals surface area contributed by atoms with Crippen molar-refractivity contribution in [1.82, 2.24) is 9.97 Å². The summed E-state index contributed by atoms with van der Waals surface area (Å²) in [7, 11) is 0. The molecule has 0 saturated heterocycles. The number of nitrogens with zero attached hydrogens (tertiary/aromatic N) is 2. The van der Waals surface area contributed by atoms with Gasteiger partial charge in [-0.15, -0.1) is 0 Å². The summed E-state index contributed by atoms with van der Waals surface area (Å²) in [4.78, 5) is 9.54. The number of hydrogen-bond donors (Lipinski definition) is 0. The number of benzene rings is 1. The fraction of sp³-hybridized carbons (Fsp3) is 0.714. The molecule has 0 radical (unpaired) electrons. The molecule has 0 aliphatic heterocycles. The molecule has 1 aromatic heterocycles. The van der Waals surface area contributed by atoms with E-state index in [2.05, 4.69) is 50.5 Å². The monoisotopic (exact) mass is 520 g/mol. The van der Waals surface area contributed by atoms with E-state index in [-0.39, 0.29) is 0 Å². The highest BCUT2D eigenvalue weighted by molar-refractivity contribution is 5.27. The average Bonchev–Trinajstić information content (AvgIpc) is 2.96. The van der Waals surface area contributed by atoms with Crippen molar-refractivity contribution in [2.45, 2.75) is 148 Å². The van der Waals surface area contributed by atoms with Crippen LogP contribution in [0.4, 0.5) is 0 Å². The Hall–Kier alpha value is -1.90. The minimum absolute atomic E-state index is 0.518. The van der Waals surface area contributed by atoms with E-state index in [0.29, 0.717) is 11.8 Å². The molecule has 1 aliphatic rings. The van der Waals surface area contributed by atoms with Gasteiger partial charge in [0.2, 0.25) is 0 Å². The summed E-state index contributed by atoms with van der Waals surface area (Å²) in [6.07, 6.45) is 30.4. The first kappa shape index (κ1) is 30.6. The second kappa shape index (κ2) is 19.2. The molecule has 2 aromatic rings. The minimum Gasteiger partial charge on any atom is -0.493 e. The van der Waals surface area contributed by atoms with Gasteiger partial charge in [-0.1, -0.05) is 103 Å². The molecular weight excluding hydrogens is 464 g/mol. The lowest BCUT2D eigenvalue weighted by Gasteiger charge is -2.27. The zero-order valence-electron chi connectivity index (χ0n) is 24.8. The predicted molar refractivity (Wildman–Crippen MR) is 162 cm³/mol. The molecule has 1 heterocycles. The van der Waals surface area contributed by atoms with Gasteiger partial charge in [0.05, 0.1) is 6.61 Å². The van der Waals surface area contributed by atoms with Gasteiger partial charge in [-0.05, 0) is 80.5 Å². The summed E-state index contributed by atoms with van der Waals surface area (Å²) in [6, 6.07) is 8.87. The summed E-state index contributed by atoms with van der Waals surface area (Å²) in [5.74, 6) is 3.25. The van der Waals surface area contributed by atoms with Crippen molar-refractivity contribution in [2.75, 3.05) is 6.61 Å². The van der Waals surface area contributed by atoms with Gasteiger partial charge in [0.1, 0.15) is 11.6 Å². The zero-order chi connectivity index (χ0) is 26.7. The van der Waals surface area contributed by atoms with Crippen LogP contribution < -0.4 is 4.74 Å². The third kappa shape index (κ3) is 12.3. The average molecular weight is 521 g/mol. The zero-order valence-corrected chi connectivity index (χ0v) is 24.8. The Kier molecular flexibility index (Phi) is 15.5. The summed E-state index contributed by atoms with van der Waals surface area (Å²) < 4.78 is 6.18. The van der Waals surface area contributed by atoms with Gasteiger partial charge in [-0.3, -0.25) is 0 Å².